The molecule has 1 fully saturated rings. The monoisotopic (exact) mass is 439 g/mol. The predicted molar refractivity (Wildman–Crippen MR) is 114 cm³/mol. The van der Waals surface area contributed by atoms with Gasteiger partial charge in [-0.25, -0.2) is 9.37 Å². The van der Waals surface area contributed by atoms with E-state index in [1.807, 2.05) is 23.1 Å². The minimum Gasteiger partial charge on any atom is -0.383 e. The van der Waals surface area contributed by atoms with Gasteiger partial charge in [0.1, 0.15) is 16.7 Å². The Balaban J connectivity index is 1.53. The highest BCUT2D eigenvalue weighted by atomic mass is 35.5. The molecule has 0 bridgehead atoms. The van der Waals surface area contributed by atoms with Crippen LogP contribution in [0, 0.1) is 5.82 Å². The number of benzene rings is 1. The zero-order valence-electron chi connectivity index (χ0n) is 16.4. The number of nitrogens with one attached hydrogen (secondary N) is 1. The van der Waals surface area contributed by atoms with E-state index >= 15 is 0 Å². The van der Waals surface area contributed by atoms with Crippen LogP contribution in [0.25, 0.3) is 28.2 Å². The Morgan fingerprint density at radius 3 is 2.84 bits per heavy atom. The average molecular weight is 440 g/mol. The number of pyridine rings is 1. The van der Waals surface area contributed by atoms with Crippen molar-refractivity contribution in [2.75, 3.05) is 18.8 Å². The van der Waals surface area contributed by atoms with Crippen LogP contribution in [0.3, 0.4) is 0 Å². The van der Waals surface area contributed by atoms with Crippen LogP contribution in [0.5, 0.6) is 0 Å². The van der Waals surface area contributed by atoms with Gasteiger partial charge < -0.3 is 11.1 Å². The molecule has 31 heavy (non-hydrogen) atoms. The van der Waals surface area contributed by atoms with Gasteiger partial charge in [-0.15, -0.1) is 5.10 Å². The van der Waals surface area contributed by atoms with Crippen LogP contribution >= 0.6 is 11.6 Å². The predicted octanol–water partition coefficient (Wildman–Crippen LogP) is 2.89. The van der Waals surface area contributed by atoms with Crippen LogP contribution in [0.2, 0.25) is 5.02 Å². The smallest absolute Gasteiger partial charge is 0.190 e. The highest BCUT2D eigenvalue weighted by Gasteiger charge is 2.20. The van der Waals surface area contributed by atoms with E-state index in [9.17, 15) is 4.39 Å². The Bertz CT molecular complexity index is 1230. The first-order valence-electron chi connectivity index (χ1n) is 9.85. The molecule has 0 atom stereocenters. The fourth-order valence-corrected chi connectivity index (χ4v) is 3.95. The number of anilines is 1. The van der Waals surface area contributed by atoms with Crippen molar-refractivity contribution in [3.8, 4) is 28.2 Å². The van der Waals surface area contributed by atoms with Crippen molar-refractivity contribution < 1.29 is 4.39 Å². The van der Waals surface area contributed by atoms with Gasteiger partial charge in [0, 0.05) is 23.5 Å². The molecule has 0 amide bonds. The number of tetrazole rings is 1. The topological polar surface area (TPSA) is 112 Å². The zero-order chi connectivity index (χ0) is 21.4. The number of nitrogen functional groups attached to an aromatic ring is 1. The molecule has 1 aliphatic rings. The van der Waals surface area contributed by atoms with Crippen LogP contribution in [-0.2, 0) is 0 Å². The number of hydrogen-bond acceptors (Lipinski definition) is 7. The Morgan fingerprint density at radius 2 is 2.00 bits per heavy atom. The number of nitrogens with zero attached hydrogens (tertiary/aromatic N) is 7. The number of aromatic nitrogens is 7. The maximum atomic E-state index is 14.0. The van der Waals surface area contributed by atoms with Crippen molar-refractivity contribution in [1.29, 1.82) is 0 Å². The van der Waals surface area contributed by atoms with Gasteiger partial charge in [-0.1, -0.05) is 17.7 Å². The fraction of sp³-hybridized carbons (Fsp3) is 0.250. The van der Waals surface area contributed by atoms with E-state index in [1.54, 1.807) is 12.3 Å². The van der Waals surface area contributed by atoms with Gasteiger partial charge in [-0.05, 0) is 54.6 Å². The lowest BCUT2D eigenvalue weighted by Gasteiger charge is -2.22. The van der Waals surface area contributed by atoms with Gasteiger partial charge in [-0.2, -0.15) is 9.78 Å². The summed E-state index contributed by atoms with van der Waals surface area (Å²) in [7, 11) is 0. The van der Waals surface area contributed by atoms with E-state index in [0.29, 0.717) is 23.1 Å². The number of hydrogen-bond donors (Lipinski definition) is 2. The Hall–Kier alpha value is -3.37. The molecule has 0 unspecified atom stereocenters. The van der Waals surface area contributed by atoms with Gasteiger partial charge in [0.15, 0.2) is 5.82 Å². The summed E-state index contributed by atoms with van der Waals surface area (Å²) in [5.74, 6) is -0.00559. The van der Waals surface area contributed by atoms with Crippen LogP contribution in [0.4, 0.5) is 10.2 Å². The molecule has 3 N–H and O–H groups in total. The van der Waals surface area contributed by atoms with E-state index in [0.717, 1.165) is 37.1 Å². The molecule has 9 nitrogen and oxygen atoms in total. The van der Waals surface area contributed by atoms with Crippen molar-refractivity contribution in [3.05, 3.63) is 53.7 Å². The molecule has 1 saturated heterocycles. The summed E-state index contributed by atoms with van der Waals surface area (Å²) in [5.41, 5.74) is 8.70. The minimum absolute atomic E-state index is 0.0815. The minimum atomic E-state index is -0.564. The molecule has 1 aromatic carbocycles. The summed E-state index contributed by atoms with van der Waals surface area (Å²) in [5, 5.41) is 19.6. The highest BCUT2D eigenvalue weighted by molar-refractivity contribution is 6.32. The van der Waals surface area contributed by atoms with Crippen molar-refractivity contribution in [1.82, 2.24) is 40.3 Å². The molecule has 0 radical (unpaired) electrons. The van der Waals surface area contributed by atoms with Crippen molar-refractivity contribution in [3.63, 3.8) is 0 Å². The second-order valence-electron chi connectivity index (χ2n) is 7.33. The summed E-state index contributed by atoms with van der Waals surface area (Å²) >= 11 is 6.13. The summed E-state index contributed by atoms with van der Waals surface area (Å²) < 4.78 is 17.3. The number of piperidine rings is 1. The van der Waals surface area contributed by atoms with E-state index in [-0.39, 0.29) is 10.8 Å². The normalized spacial score (nSPS) is 14.8. The third-order valence-corrected chi connectivity index (χ3v) is 5.78. The first kappa shape index (κ1) is 19.6. The molecule has 5 rings (SSSR count). The fourth-order valence-electron chi connectivity index (χ4n) is 3.74. The lowest BCUT2D eigenvalue weighted by atomic mass is 10.1. The van der Waals surface area contributed by atoms with Crippen LogP contribution in [0.1, 0.15) is 18.9 Å². The largest absolute Gasteiger partial charge is 0.383 e. The summed E-state index contributed by atoms with van der Waals surface area (Å²) in [6, 6.07) is 6.66. The van der Waals surface area contributed by atoms with Gasteiger partial charge in [-0.3, -0.25) is 4.68 Å². The van der Waals surface area contributed by atoms with Crippen LogP contribution in [0.15, 0.2) is 42.9 Å². The maximum Gasteiger partial charge on any atom is 0.190 e. The number of halogens is 2. The molecule has 1 aliphatic heterocycles. The van der Waals surface area contributed by atoms with Crippen molar-refractivity contribution >= 4 is 17.4 Å². The molecular weight excluding hydrogens is 421 g/mol. The molecule has 0 spiro atoms. The average Bonchev–Trinajstić information content (AvgIpc) is 3.47. The van der Waals surface area contributed by atoms with Crippen molar-refractivity contribution in [2.45, 2.75) is 18.9 Å². The second-order valence-corrected chi connectivity index (χ2v) is 7.71. The molecule has 0 saturated carbocycles. The lowest BCUT2D eigenvalue weighted by molar-refractivity contribution is 0.343. The quantitative estimate of drug-likeness (QED) is 0.502. The molecule has 3 aromatic heterocycles. The summed E-state index contributed by atoms with van der Waals surface area (Å²) in [6.45, 7) is 1.97. The Morgan fingerprint density at radius 1 is 1.16 bits per heavy atom. The lowest BCUT2D eigenvalue weighted by Crippen LogP contribution is -2.29. The third-order valence-electron chi connectivity index (χ3n) is 5.41. The van der Waals surface area contributed by atoms with Crippen LogP contribution in [-0.4, -0.2) is 48.1 Å². The maximum absolute atomic E-state index is 14.0. The van der Waals surface area contributed by atoms with E-state index in [2.05, 4.69) is 30.9 Å². The van der Waals surface area contributed by atoms with Crippen molar-refractivity contribution in [2.24, 2.45) is 0 Å². The molecule has 4 aromatic rings. The van der Waals surface area contributed by atoms with E-state index in [1.165, 1.54) is 16.8 Å². The zero-order valence-corrected chi connectivity index (χ0v) is 17.2. The highest BCUT2D eigenvalue weighted by Crippen LogP contribution is 2.32. The van der Waals surface area contributed by atoms with Gasteiger partial charge >= 0.3 is 0 Å². The molecular formula is C20H19ClFN9. The van der Waals surface area contributed by atoms with Gasteiger partial charge in [0.2, 0.25) is 0 Å². The molecule has 158 valence electrons. The number of nitrogens with two attached hydrogens (primary N) is 1. The van der Waals surface area contributed by atoms with E-state index in [4.69, 9.17) is 17.3 Å². The molecule has 0 aliphatic carbocycles. The van der Waals surface area contributed by atoms with E-state index < -0.39 is 5.82 Å². The third kappa shape index (κ3) is 3.64. The number of rotatable bonds is 4. The Labute approximate surface area is 182 Å². The van der Waals surface area contributed by atoms with Gasteiger partial charge in [0.05, 0.1) is 23.5 Å². The first-order valence-corrected chi connectivity index (χ1v) is 10.2. The summed E-state index contributed by atoms with van der Waals surface area (Å²) in [4.78, 5) is 4.32. The SMILES string of the molecule is Nc1ncc(-c2cnn(C3CCNCC3)c2)cc1-c1nnnn1-c1cccc(F)c1Cl. The molecule has 11 heteroatoms. The standard InChI is InChI=1S/C20H19ClFN9/c21-18-16(22)2-1-3-17(18)31-20(27-28-29-31)15-8-12(9-25-19(15)23)13-10-26-30(11-13)14-4-6-24-7-5-14/h1-3,8-11,14,24H,4-7H2,(H2,23,25). The second kappa shape index (κ2) is 8.05. The van der Waals surface area contributed by atoms with Crippen LogP contribution < -0.4 is 11.1 Å². The Kier molecular flexibility index (Phi) is 5.08. The first-order chi connectivity index (χ1) is 15.1. The molecule has 4 heterocycles. The summed E-state index contributed by atoms with van der Waals surface area (Å²) in [6.07, 6.45) is 7.59. The van der Waals surface area contributed by atoms with Gasteiger partial charge in [0.25, 0.3) is 0 Å².